The molecule has 0 spiro atoms. The van der Waals surface area contributed by atoms with Crippen LogP contribution < -0.4 is 0 Å². The molecule has 0 saturated heterocycles. The number of hydrogen-bond donors (Lipinski definition) is 0. The molecule has 0 fully saturated rings. The minimum atomic E-state index is -0.243. The summed E-state index contributed by atoms with van der Waals surface area (Å²) in [5.41, 5.74) is 0.675. The highest BCUT2D eigenvalue weighted by Crippen LogP contribution is 2.01. The maximum atomic E-state index is 11.1. The van der Waals surface area contributed by atoms with Gasteiger partial charge in [-0.3, -0.25) is 0 Å². The Bertz CT molecular complexity index is 222. The average Bonchev–Trinajstić information content (AvgIpc) is 2.21. The van der Waals surface area contributed by atoms with Crippen LogP contribution in [0.2, 0.25) is 0 Å². The number of esters is 1. The van der Waals surface area contributed by atoms with Crippen LogP contribution in [-0.2, 0) is 9.53 Å². The van der Waals surface area contributed by atoms with E-state index < -0.39 is 0 Å². The summed E-state index contributed by atoms with van der Waals surface area (Å²) in [4.78, 5) is 13.3. The van der Waals surface area contributed by atoms with Crippen LogP contribution in [0.3, 0.4) is 0 Å². The van der Waals surface area contributed by atoms with Crippen LogP contribution in [-0.4, -0.2) is 38.1 Å². The second-order valence-corrected chi connectivity index (χ2v) is 4.32. The monoisotopic (exact) mass is 213 g/mol. The fraction of sp³-hybridized carbons (Fsp3) is 0.750. The van der Waals surface area contributed by atoms with Gasteiger partial charge in [-0.25, -0.2) is 4.79 Å². The molecule has 0 aliphatic heterocycles. The van der Waals surface area contributed by atoms with E-state index in [0.29, 0.717) is 5.57 Å². The zero-order chi connectivity index (χ0) is 11.8. The standard InChI is InChI=1S/C12H23NO2/c1-10(2)6-8-13(4)9-7-11(3)12(14)15-5/h7,10H,6,8-9H2,1-5H3. The molecule has 0 aliphatic rings. The van der Waals surface area contributed by atoms with Crippen LogP contribution in [0.4, 0.5) is 0 Å². The number of carbonyl (C=O) groups is 1. The smallest absolute Gasteiger partial charge is 0.333 e. The molecule has 3 nitrogen and oxygen atoms in total. The van der Waals surface area contributed by atoms with Crippen molar-refractivity contribution in [1.29, 1.82) is 0 Å². The molecule has 0 radical (unpaired) electrons. The van der Waals surface area contributed by atoms with E-state index in [1.165, 1.54) is 13.5 Å². The third-order valence-electron chi connectivity index (χ3n) is 2.30. The fourth-order valence-corrected chi connectivity index (χ4v) is 1.11. The molecule has 0 aliphatic carbocycles. The van der Waals surface area contributed by atoms with Crippen molar-refractivity contribution in [2.75, 3.05) is 27.2 Å². The fourth-order valence-electron chi connectivity index (χ4n) is 1.11. The molecular formula is C12H23NO2. The van der Waals surface area contributed by atoms with E-state index in [1.807, 2.05) is 6.08 Å². The van der Waals surface area contributed by atoms with Gasteiger partial charge >= 0.3 is 5.97 Å². The molecule has 0 saturated carbocycles. The Morgan fingerprint density at radius 1 is 1.47 bits per heavy atom. The molecular weight excluding hydrogens is 190 g/mol. The second-order valence-electron chi connectivity index (χ2n) is 4.32. The van der Waals surface area contributed by atoms with Gasteiger partial charge < -0.3 is 9.64 Å². The van der Waals surface area contributed by atoms with E-state index in [0.717, 1.165) is 19.0 Å². The largest absolute Gasteiger partial charge is 0.466 e. The van der Waals surface area contributed by atoms with E-state index in [-0.39, 0.29) is 5.97 Å². The highest BCUT2D eigenvalue weighted by Gasteiger charge is 2.03. The summed E-state index contributed by atoms with van der Waals surface area (Å²) in [6, 6.07) is 0. The first kappa shape index (κ1) is 14.2. The van der Waals surface area contributed by atoms with Gasteiger partial charge in [0.2, 0.25) is 0 Å². The summed E-state index contributed by atoms with van der Waals surface area (Å²) in [6.07, 6.45) is 3.09. The van der Waals surface area contributed by atoms with Crippen LogP contribution in [0.1, 0.15) is 27.2 Å². The number of hydrogen-bond acceptors (Lipinski definition) is 3. The maximum absolute atomic E-state index is 11.1. The van der Waals surface area contributed by atoms with Crippen molar-refractivity contribution < 1.29 is 9.53 Å². The van der Waals surface area contributed by atoms with E-state index in [9.17, 15) is 4.79 Å². The first-order chi connectivity index (χ1) is 6.97. The summed E-state index contributed by atoms with van der Waals surface area (Å²) >= 11 is 0. The zero-order valence-corrected chi connectivity index (χ0v) is 10.5. The van der Waals surface area contributed by atoms with E-state index >= 15 is 0 Å². The molecule has 0 amide bonds. The maximum Gasteiger partial charge on any atom is 0.333 e. The Morgan fingerprint density at radius 2 is 2.07 bits per heavy atom. The first-order valence-corrected chi connectivity index (χ1v) is 5.41. The number of likely N-dealkylation sites (N-methyl/N-ethyl adjacent to an activating group) is 1. The number of ether oxygens (including phenoxy) is 1. The van der Waals surface area contributed by atoms with Crippen molar-refractivity contribution in [1.82, 2.24) is 4.90 Å². The molecule has 0 aromatic carbocycles. The van der Waals surface area contributed by atoms with E-state index in [1.54, 1.807) is 6.92 Å². The molecule has 0 heterocycles. The second kappa shape index (κ2) is 7.46. The van der Waals surface area contributed by atoms with Crippen molar-refractivity contribution in [3.05, 3.63) is 11.6 Å². The lowest BCUT2D eigenvalue weighted by Gasteiger charge is -2.15. The van der Waals surface area contributed by atoms with Gasteiger partial charge in [-0.2, -0.15) is 0 Å². The van der Waals surface area contributed by atoms with Crippen LogP contribution in [0.5, 0.6) is 0 Å². The number of rotatable bonds is 6. The molecule has 3 heteroatoms. The Hall–Kier alpha value is -0.830. The lowest BCUT2D eigenvalue weighted by molar-refractivity contribution is -0.136. The van der Waals surface area contributed by atoms with Gasteiger partial charge in [0.1, 0.15) is 0 Å². The summed E-state index contributed by atoms with van der Waals surface area (Å²) in [5, 5.41) is 0. The summed E-state index contributed by atoms with van der Waals surface area (Å²) in [6.45, 7) is 8.06. The number of carbonyl (C=O) groups excluding carboxylic acids is 1. The molecule has 0 aromatic rings. The highest BCUT2D eigenvalue weighted by atomic mass is 16.5. The molecule has 88 valence electrons. The number of methoxy groups -OCH3 is 1. The van der Waals surface area contributed by atoms with Crippen LogP contribution in [0.25, 0.3) is 0 Å². The molecule has 15 heavy (non-hydrogen) atoms. The van der Waals surface area contributed by atoms with E-state index in [2.05, 4.69) is 30.5 Å². The molecule has 0 unspecified atom stereocenters. The van der Waals surface area contributed by atoms with Gasteiger partial charge in [-0.15, -0.1) is 0 Å². The highest BCUT2D eigenvalue weighted by molar-refractivity contribution is 5.87. The van der Waals surface area contributed by atoms with E-state index in [4.69, 9.17) is 0 Å². The normalized spacial score (nSPS) is 12.3. The van der Waals surface area contributed by atoms with Gasteiger partial charge in [0, 0.05) is 12.1 Å². The summed E-state index contributed by atoms with van der Waals surface area (Å²) in [5.74, 6) is 0.477. The van der Waals surface area contributed by atoms with Crippen LogP contribution >= 0.6 is 0 Å². The number of nitrogens with zero attached hydrogens (tertiary/aromatic N) is 1. The quantitative estimate of drug-likeness (QED) is 0.500. The van der Waals surface area contributed by atoms with Crippen molar-refractivity contribution >= 4 is 5.97 Å². The minimum Gasteiger partial charge on any atom is -0.466 e. The third kappa shape index (κ3) is 7.14. The topological polar surface area (TPSA) is 29.5 Å². The Balaban J connectivity index is 3.87. The van der Waals surface area contributed by atoms with Crippen LogP contribution in [0, 0.1) is 5.92 Å². The van der Waals surface area contributed by atoms with Gasteiger partial charge in [-0.05, 0) is 32.9 Å². The van der Waals surface area contributed by atoms with Crippen molar-refractivity contribution in [3.8, 4) is 0 Å². The molecule has 0 atom stereocenters. The van der Waals surface area contributed by atoms with Gasteiger partial charge in [0.25, 0.3) is 0 Å². The molecule has 0 aromatic heterocycles. The Labute approximate surface area is 93.1 Å². The predicted molar refractivity (Wildman–Crippen MR) is 62.7 cm³/mol. The lowest BCUT2D eigenvalue weighted by Crippen LogP contribution is -2.21. The summed E-state index contributed by atoms with van der Waals surface area (Å²) in [7, 11) is 3.46. The molecule has 0 N–H and O–H groups in total. The average molecular weight is 213 g/mol. The lowest BCUT2D eigenvalue weighted by atomic mass is 10.1. The summed E-state index contributed by atoms with van der Waals surface area (Å²) < 4.78 is 4.62. The van der Waals surface area contributed by atoms with Crippen molar-refractivity contribution in [2.45, 2.75) is 27.2 Å². The third-order valence-corrected chi connectivity index (χ3v) is 2.30. The van der Waals surface area contributed by atoms with Crippen LogP contribution in [0.15, 0.2) is 11.6 Å². The zero-order valence-electron chi connectivity index (χ0n) is 10.5. The van der Waals surface area contributed by atoms with Gasteiger partial charge in [0.05, 0.1) is 7.11 Å². The minimum absolute atomic E-state index is 0.243. The Morgan fingerprint density at radius 3 is 2.53 bits per heavy atom. The molecule has 0 rings (SSSR count). The molecule has 0 bridgehead atoms. The first-order valence-electron chi connectivity index (χ1n) is 5.41. The SMILES string of the molecule is COC(=O)C(C)=CCN(C)CCC(C)C. The van der Waals surface area contributed by atoms with Gasteiger partial charge in [0.15, 0.2) is 0 Å². The van der Waals surface area contributed by atoms with Crippen molar-refractivity contribution in [3.63, 3.8) is 0 Å². The van der Waals surface area contributed by atoms with Gasteiger partial charge in [-0.1, -0.05) is 19.9 Å². The van der Waals surface area contributed by atoms with Crippen molar-refractivity contribution in [2.24, 2.45) is 5.92 Å². The Kier molecular flexibility index (Phi) is 7.05. The predicted octanol–water partition coefficient (Wildman–Crippen LogP) is 2.08.